The van der Waals surface area contributed by atoms with E-state index in [1.54, 1.807) is 0 Å². The van der Waals surface area contributed by atoms with Crippen molar-refractivity contribution >= 4 is 11.9 Å². The normalized spacial score (nSPS) is 29.0. The first kappa shape index (κ1) is 19.3. The molecule has 1 aromatic carbocycles. The number of nitrogens with one attached hydrogen (secondary N) is 1. The highest BCUT2D eigenvalue weighted by Crippen LogP contribution is 2.25. The maximum atomic E-state index is 11.5. The Morgan fingerprint density at radius 3 is 2.48 bits per heavy atom. The number of carbonyl (C=O) groups is 2. The second kappa shape index (κ2) is 8.91. The maximum Gasteiger partial charge on any atom is 0.303 e. The van der Waals surface area contributed by atoms with E-state index in [4.69, 9.17) is 14.2 Å². The smallest absolute Gasteiger partial charge is 0.303 e. The number of amides is 1. The first-order chi connectivity index (χ1) is 11.9. The third-order valence-electron chi connectivity index (χ3n) is 3.78. The van der Waals surface area contributed by atoms with Gasteiger partial charge in [-0.05, 0) is 5.56 Å². The molecule has 1 saturated heterocycles. The van der Waals surface area contributed by atoms with Crippen LogP contribution in [-0.2, 0) is 30.4 Å². The Kier molecular flexibility index (Phi) is 6.89. The van der Waals surface area contributed by atoms with E-state index in [1.165, 1.54) is 13.8 Å². The number of hydrogen-bond donors (Lipinski definition) is 3. The highest BCUT2D eigenvalue weighted by atomic mass is 16.7. The fourth-order valence-corrected chi connectivity index (χ4v) is 2.68. The summed E-state index contributed by atoms with van der Waals surface area (Å²) in [6, 6.07) is 8.38. The second-order valence-corrected chi connectivity index (χ2v) is 5.81. The van der Waals surface area contributed by atoms with Crippen molar-refractivity contribution in [1.29, 1.82) is 0 Å². The maximum absolute atomic E-state index is 11.5. The van der Waals surface area contributed by atoms with E-state index in [9.17, 15) is 19.8 Å². The molecule has 0 radical (unpaired) electrons. The molecule has 5 atom stereocenters. The minimum Gasteiger partial charge on any atom is -0.457 e. The number of benzene rings is 1. The first-order valence-corrected chi connectivity index (χ1v) is 7.96. The summed E-state index contributed by atoms with van der Waals surface area (Å²) in [6.45, 7) is 2.18. The molecule has 0 aliphatic carbocycles. The molecule has 3 N–H and O–H groups in total. The summed E-state index contributed by atoms with van der Waals surface area (Å²) in [4.78, 5) is 22.9. The molecule has 1 fully saturated rings. The molecule has 1 aliphatic rings. The van der Waals surface area contributed by atoms with Crippen molar-refractivity contribution in [3.8, 4) is 0 Å². The third kappa shape index (κ3) is 5.23. The van der Waals surface area contributed by atoms with Gasteiger partial charge in [-0.2, -0.15) is 0 Å². The Morgan fingerprint density at radius 2 is 1.92 bits per heavy atom. The van der Waals surface area contributed by atoms with E-state index in [2.05, 4.69) is 5.32 Å². The second-order valence-electron chi connectivity index (χ2n) is 5.81. The molecule has 0 saturated carbocycles. The van der Waals surface area contributed by atoms with Gasteiger partial charge in [-0.25, -0.2) is 0 Å². The molecular formula is C17H23NO7. The van der Waals surface area contributed by atoms with Gasteiger partial charge in [0.1, 0.15) is 18.2 Å². The van der Waals surface area contributed by atoms with Crippen LogP contribution in [0.25, 0.3) is 0 Å². The molecule has 1 amide bonds. The average molecular weight is 353 g/mol. The molecule has 1 heterocycles. The number of esters is 1. The van der Waals surface area contributed by atoms with Crippen molar-refractivity contribution in [1.82, 2.24) is 5.32 Å². The molecule has 0 spiro atoms. The zero-order valence-corrected chi connectivity index (χ0v) is 14.1. The zero-order valence-electron chi connectivity index (χ0n) is 14.1. The van der Waals surface area contributed by atoms with E-state index in [-0.39, 0.29) is 6.61 Å². The van der Waals surface area contributed by atoms with Crippen LogP contribution >= 0.6 is 0 Å². The molecular weight excluding hydrogens is 330 g/mol. The fourth-order valence-electron chi connectivity index (χ4n) is 2.68. The molecule has 8 nitrogen and oxygen atoms in total. The lowest BCUT2D eigenvalue weighted by molar-refractivity contribution is -0.276. The van der Waals surface area contributed by atoms with Crippen LogP contribution in [0.4, 0.5) is 0 Å². The average Bonchev–Trinajstić information content (AvgIpc) is 2.57. The van der Waals surface area contributed by atoms with E-state index < -0.39 is 49.1 Å². The van der Waals surface area contributed by atoms with Crippen molar-refractivity contribution in [2.45, 2.75) is 51.1 Å². The molecule has 138 valence electrons. The Hall–Kier alpha value is -2.00. The van der Waals surface area contributed by atoms with E-state index in [0.717, 1.165) is 5.56 Å². The van der Waals surface area contributed by atoms with Crippen molar-refractivity contribution < 1.29 is 34.0 Å². The summed E-state index contributed by atoms with van der Waals surface area (Å²) in [5.41, 5.74) is 0.878. The highest BCUT2D eigenvalue weighted by Gasteiger charge is 2.48. The number of hydrogen-bond acceptors (Lipinski definition) is 7. The topological polar surface area (TPSA) is 114 Å². The zero-order chi connectivity index (χ0) is 18.4. The molecule has 0 unspecified atom stereocenters. The van der Waals surface area contributed by atoms with Crippen LogP contribution in [0.2, 0.25) is 0 Å². The van der Waals surface area contributed by atoms with Gasteiger partial charge in [0.2, 0.25) is 5.91 Å². The van der Waals surface area contributed by atoms with Gasteiger partial charge >= 0.3 is 5.97 Å². The van der Waals surface area contributed by atoms with Crippen LogP contribution in [0, 0.1) is 0 Å². The van der Waals surface area contributed by atoms with Crippen LogP contribution in [0.3, 0.4) is 0 Å². The van der Waals surface area contributed by atoms with Gasteiger partial charge < -0.3 is 29.7 Å². The lowest BCUT2D eigenvalue weighted by Crippen LogP contribution is -2.65. The molecule has 1 aromatic rings. The molecule has 2 rings (SSSR count). The van der Waals surface area contributed by atoms with Crippen molar-refractivity contribution in [2.75, 3.05) is 6.61 Å². The van der Waals surface area contributed by atoms with Crippen molar-refractivity contribution in [3.05, 3.63) is 35.9 Å². The minimum atomic E-state index is -1.30. The van der Waals surface area contributed by atoms with E-state index in [1.807, 2.05) is 30.3 Å². The summed E-state index contributed by atoms with van der Waals surface area (Å²) in [5.74, 6) is -1.02. The van der Waals surface area contributed by atoms with Crippen LogP contribution in [-0.4, -0.2) is 59.3 Å². The van der Waals surface area contributed by atoms with Gasteiger partial charge in [0.15, 0.2) is 12.4 Å². The highest BCUT2D eigenvalue weighted by molar-refractivity contribution is 5.73. The summed E-state index contributed by atoms with van der Waals surface area (Å²) < 4.78 is 16.4. The molecule has 0 aromatic heterocycles. The Morgan fingerprint density at radius 1 is 1.24 bits per heavy atom. The fraction of sp³-hybridized carbons (Fsp3) is 0.529. The van der Waals surface area contributed by atoms with Gasteiger partial charge in [0, 0.05) is 13.8 Å². The lowest BCUT2D eigenvalue weighted by Gasteiger charge is -2.43. The van der Waals surface area contributed by atoms with Gasteiger partial charge in [0.25, 0.3) is 0 Å². The molecule has 1 aliphatic heterocycles. The molecule has 8 heteroatoms. The Bertz CT molecular complexity index is 580. The minimum absolute atomic E-state index is 0.183. The van der Waals surface area contributed by atoms with Crippen LogP contribution in [0.15, 0.2) is 30.3 Å². The number of rotatable bonds is 6. The van der Waals surface area contributed by atoms with Gasteiger partial charge in [0.05, 0.1) is 13.2 Å². The summed E-state index contributed by atoms with van der Waals surface area (Å²) in [7, 11) is 0. The van der Waals surface area contributed by atoms with E-state index >= 15 is 0 Å². The lowest BCUT2D eigenvalue weighted by atomic mass is 9.96. The predicted octanol–water partition coefficient (Wildman–Crippen LogP) is -0.282. The van der Waals surface area contributed by atoms with Crippen LogP contribution < -0.4 is 5.32 Å². The standard InChI is InChI=1S/C17H23NO7/c1-10(20)18-14-16(24-11(2)21)15(22)13(8-19)25-17(14)23-9-12-6-4-3-5-7-12/h3-7,13-17,19,22H,8-9H2,1-2H3,(H,18,20)/t13-,14+,15+,16+,17+/m0/s1. The van der Waals surface area contributed by atoms with Gasteiger partial charge in [-0.3, -0.25) is 9.59 Å². The quantitative estimate of drug-likeness (QED) is 0.603. The molecule has 0 bridgehead atoms. The number of aliphatic hydroxyl groups excluding tert-OH is 2. The number of aliphatic hydroxyl groups is 2. The summed E-state index contributed by atoms with van der Waals surface area (Å²) in [6.07, 6.45) is -4.42. The van der Waals surface area contributed by atoms with Crippen molar-refractivity contribution in [3.63, 3.8) is 0 Å². The number of ether oxygens (including phenoxy) is 3. The van der Waals surface area contributed by atoms with Crippen molar-refractivity contribution in [2.24, 2.45) is 0 Å². The third-order valence-corrected chi connectivity index (χ3v) is 3.78. The predicted molar refractivity (Wildman–Crippen MR) is 86.1 cm³/mol. The summed E-state index contributed by atoms with van der Waals surface area (Å²) >= 11 is 0. The molecule has 25 heavy (non-hydrogen) atoms. The SMILES string of the molecule is CC(=O)N[C@H]1[C@H](OCc2ccccc2)O[C@@H](CO)[C@@H](O)[C@@H]1OC(C)=O. The number of carbonyl (C=O) groups excluding carboxylic acids is 2. The first-order valence-electron chi connectivity index (χ1n) is 7.96. The van der Waals surface area contributed by atoms with Gasteiger partial charge in [-0.1, -0.05) is 30.3 Å². The van der Waals surface area contributed by atoms with Gasteiger partial charge in [-0.15, -0.1) is 0 Å². The summed E-state index contributed by atoms with van der Waals surface area (Å²) in [5, 5.41) is 22.3. The largest absolute Gasteiger partial charge is 0.457 e. The van der Waals surface area contributed by atoms with Crippen LogP contribution in [0.1, 0.15) is 19.4 Å². The van der Waals surface area contributed by atoms with E-state index in [0.29, 0.717) is 0 Å². The van der Waals surface area contributed by atoms with Crippen LogP contribution in [0.5, 0.6) is 0 Å². The monoisotopic (exact) mass is 353 g/mol. The Labute approximate surface area is 145 Å². The Balaban J connectivity index is 2.19.